The fraction of sp³-hybridized carbons (Fsp3) is 0.438. The van der Waals surface area contributed by atoms with Gasteiger partial charge in [0.05, 0.1) is 26.4 Å². The quantitative estimate of drug-likeness (QED) is 0.152. The molecular formula is C64H80O4. The Balaban J connectivity index is 0.943. The molecule has 16 rings (SSSR count). The van der Waals surface area contributed by atoms with Crippen molar-refractivity contribution in [1.29, 1.82) is 0 Å². The minimum Gasteiger partial charge on any atom is -0.494 e. The third kappa shape index (κ3) is 13.0. The molecule has 6 aromatic rings. The van der Waals surface area contributed by atoms with Gasteiger partial charge < -0.3 is 18.9 Å². The Labute approximate surface area is 410 Å². The van der Waals surface area contributed by atoms with E-state index in [2.05, 4.69) is 201 Å². The summed E-state index contributed by atoms with van der Waals surface area (Å²) in [6, 6.07) is 53.3. The van der Waals surface area contributed by atoms with Crippen LogP contribution in [0.1, 0.15) is 177 Å². The smallest absolute Gasteiger partial charge is 0.119 e. The molecule has 4 nitrogen and oxygen atoms in total. The van der Waals surface area contributed by atoms with Crippen LogP contribution in [0.15, 0.2) is 146 Å². The highest BCUT2D eigenvalue weighted by Gasteiger charge is 2.28. The van der Waals surface area contributed by atoms with Gasteiger partial charge in [-0.2, -0.15) is 0 Å². The van der Waals surface area contributed by atoms with E-state index in [1.165, 1.54) is 95.9 Å². The number of hydrogen-bond donors (Lipinski definition) is 0. The van der Waals surface area contributed by atoms with Crippen LogP contribution in [0.5, 0.6) is 23.0 Å². The Hall–Kier alpha value is -5.48. The molecule has 360 valence electrons. The maximum atomic E-state index is 6.18. The number of ether oxygens (including phenoxy) is 4. The molecule has 0 aliphatic carbocycles. The second-order valence-corrected chi connectivity index (χ2v) is 21.4. The molecule has 6 aromatic carbocycles. The average Bonchev–Trinajstić information content (AvgIpc) is 3.35. The molecule has 12 bridgehead atoms. The first kappa shape index (κ1) is 50.4. The summed E-state index contributed by atoms with van der Waals surface area (Å²) in [6.45, 7) is 21.5. The summed E-state index contributed by atoms with van der Waals surface area (Å²) in [7, 11) is 0. The lowest BCUT2D eigenvalue weighted by Gasteiger charge is -2.29. The monoisotopic (exact) mass is 913 g/mol. The summed E-state index contributed by atoms with van der Waals surface area (Å²) < 4.78 is 24.7. The van der Waals surface area contributed by atoms with Gasteiger partial charge in [-0.25, -0.2) is 0 Å². The highest BCUT2D eigenvalue weighted by atomic mass is 16.5. The normalized spacial score (nSPS) is 18.6. The van der Waals surface area contributed by atoms with Gasteiger partial charge in [0.15, 0.2) is 0 Å². The Morgan fingerprint density at radius 3 is 0.500 bits per heavy atom. The molecule has 0 unspecified atom stereocenters. The molecule has 0 atom stereocenters. The van der Waals surface area contributed by atoms with E-state index in [0.29, 0.717) is 0 Å². The molecule has 0 spiro atoms. The Kier molecular flexibility index (Phi) is 17.2. The van der Waals surface area contributed by atoms with E-state index in [0.717, 1.165) is 75.1 Å². The van der Waals surface area contributed by atoms with Gasteiger partial charge >= 0.3 is 0 Å². The zero-order valence-electron chi connectivity index (χ0n) is 42.8. The van der Waals surface area contributed by atoms with E-state index >= 15 is 0 Å². The van der Waals surface area contributed by atoms with E-state index in [9.17, 15) is 0 Å². The zero-order chi connectivity index (χ0) is 48.0. The fourth-order valence-corrected chi connectivity index (χ4v) is 9.73. The van der Waals surface area contributed by atoms with Crippen molar-refractivity contribution in [2.24, 2.45) is 0 Å². The molecule has 10 heterocycles. The molecule has 10 aliphatic heterocycles. The summed E-state index contributed by atoms with van der Waals surface area (Å²) in [4.78, 5) is 0. The first-order chi connectivity index (χ1) is 32.7. The van der Waals surface area contributed by atoms with Gasteiger partial charge in [-0.3, -0.25) is 0 Å². The molecule has 0 radical (unpaired) electrons. The second kappa shape index (κ2) is 23.2. The van der Waals surface area contributed by atoms with Gasteiger partial charge in [-0.05, 0) is 119 Å². The fourth-order valence-electron chi connectivity index (χ4n) is 9.73. The van der Waals surface area contributed by atoms with Crippen LogP contribution in [-0.4, -0.2) is 26.4 Å². The number of hydrogen-bond acceptors (Lipinski definition) is 4. The van der Waals surface area contributed by atoms with Gasteiger partial charge in [0.1, 0.15) is 23.0 Å². The van der Waals surface area contributed by atoms with Crippen LogP contribution in [0.25, 0.3) is 0 Å². The summed E-state index contributed by atoms with van der Waals surface area (Å²) in [5.41, 5.74) is 9.81. The van der Waals surface area contributed by atoms with Crippen LogP contribution in [-0.2, 0) is 21.7 Å². The molecule has 0 fully saturated rings. The lowest BCUT2D eigenvalue weighted by Crippen LogP contribution is -2.21. The van der Waals surface area contributed by atoms with Crippen molar-refractivity contribution in [3.05, 3.63) is 190 Å². The highest BCUT2D eigenvalue weighted by Crippen LogP contribution is 2.39. The molecule has 68 heavy (non-hydrogen) atoms. The van der Waals surface area contributed by atoms with Crippen molar-refractivity contribution in [3.8, 4) is 23.0 Å². The van der Waals surface area contributed by atoms with Crippen LogP contribution >= 0.6 is 0 Å². The molecule has 10 aliphatic rings. The van der Waals surface area contributed by atoms with Gasteiger partial charge in [0.25, 0.3) is 0 Å². The van der Waals surface area contributed by atoms with E-state index in [1.54, 1.807) is 0 Å². The summed E-state index contributed by atoms with van der Waals surface area (Å²) >= 11 is 0. The van der Waals surface area contributed by atoms with E-state index in [4.69, 9.17) is 18.9 Å². The van der Waals surface area contributed by atoms with E-state index in [-0.39, 0.29) is 21.7 Å². The molecule has 0 saturated heterocycles. The minimum atomic E-state index is -0.133. The molecule has 4 heteroatoms. The highest BCUT2D eigenvalue weighted by molar-refractivity contribution is 5.47. The van der Waals surface area contributed by atoms with Gasteiger partial charge in [-0.1, -0.05) is 204 Å². The van der Waals surface area contributed by atoms with E-state index in [1.807, 2.05) is 0 Å². The third-order valence-corrected chi connectivity index (χ3v) is 15.1. The summed E-state index contributed by atoms with van der Waals surface area (Å²) in [6.07, 6.45) is 13.9. The molecule has 0 amide bonds. The molecular weight excluding hydrogens is 833 g/mol. The van der Waals surface area contributed by atoms with E-state index < -0.39 is 0 Å². The van der Waals surface area contributed by atoms with Gasteiger partial charge in [0.2, 0.25) is 0 Å². The molecule has 0 saturated carbocycles. The first-order valence-corrected chi connectivity index (χ1v) is 25.9. The van der Waals surface area contributed by atoms with Crippen LogP contribution < -0.4 is 18.9 Å². The van der Waals surface area contributed by atoms with Crippen LogP contribution in [0.3, 0.4) is 0 Å². The topological polar surface area (TPSA) is 36.9 Å². The standard InChI is InChI=1S/C64H80O4/c1-61(2)49-21-23-50(24-22-49)62(3,4)54-31-39-58(40-32-54)66-46-19-15-11-12-16-20-48-68-60-43-35-56(36-44-60)64(7,8)52-27-25-51(26-28-52)63(5,6)55-33-41-59(42-34-55)67-47-18-14-10-9-13-17-45-65-57-37-29-53(61)30-38-57/h21-44H,9-20,45-48H2,1-8H3. The SMILES string of the molecule is CC1(C)c2ccc(cc2)OCCCCCCCCOc2ccc(cc2)C(C)(C)c2ccc(cc2)C(C)(C)c2ccc(cc2)OCCCCCCCCOc2ccc(cc2)C(C)(C)c2ccc1cc2. The first-order valence-electron chi connectivity index (χ1n) is 25.9. The van der Waals surface area contributed by atoms with Crippen LogP contribution in [0, 0.1) is 0 Å². The van der Waals surface area contributed by atoms with Crippen molar-refractivity contribution in [2.75, 3.05) is 26.4 Å². The maximum Gasteiger partial charge on any atom is 0.119 e. The Bertz CT molecular complexity index is 2060. The predicted molar refractivity (Wildman–Crippen MR) is 285 cm³/mol. The number of rotatable bonds is 0. The second-order valence-electron chi connectivity index (χ2n) is 21.4. The molecule has 0 aromatic heterocycles. The lowest BCUT2D eigenvalue weighted by molar-refractivity contribution is 0.297. The van der Waals surface area contributed by atoms with Gasteiger partial charge in [0, 0.05) is 21.7 Å². The maximum absolute atomic E-state index is 6.18. The van der Waals surface area contributed by atoms with Crippen molar-refractivity contribution in [3.63, 3.8) is 0 Å². The van der Waals surface area contributed by atoms with Crippen molar-refractivity contribution < 1.29 is 18.9 Å². The average molecular weight is 913 g/mol. The Morgan fingerprint density at radius 2 is 0.338 bits per heavy atom. The predicted octanol–water partition coefficient (Wildman–Crippen LogP) is 16.9. The van der Waals surface area contributed by atoms with Crippen molar-refractivity contribution in [1.82, 2.24) is 0 Å². The summed E-state index contributed by atoms with van der Waals surface area (Å²) in [5.74, 6) is 3.78. The molecule has 0 N–H and O–H groups in total. The van der Waals surface area contributed by atoms with Crippen molar-refractivity contribution >= 4 is 0 Å². The van der Waals surface area contributed by atoms with Gasteiger partial charge in [-0.15, -0.1) is 0 Å². The number of benzene rings is 6. The lowest BCUT2D eigenvalue weighted by atomic mass is 9.74. The largest absolute Gasteiger partial charge is 0.494 e. The zero-order valence-corrected chi connectivity index (χ0v) is 42.8. The van der Waals surface area contributed by atoms with Crippen molar-refractivity contribution in [2.45, 2.75) is 154 Å². The van der Waals surface area contributed by atoms with Crippen LogP contribution in [0.4, 0.5) is 0 Å². The minimum absolute atomic E-state index is 0.133. The third-order valence-electron chi connectivity index (χ3n) is 15.1. The van der Waals surface area contributed by atoms with Crippen LogP contribution in [0.2, 0.25) is 0 Å². The summed E-state index contributed by atoms with van der Waals surface area (Å²) in [5, 5.41) is 0. The Morgan fingerprint density at radius 1 is 0.206 bits per heavy atom.